The summed E-state index contributed by atoms with van der Waals surface area (Å²) in [6.07, 6.45) is -1.51. The summed E-state index contributed by atoms with van der Waals surface area (Å²) in [6, 6.07) is 7.15. The second kappa shape index (κ2) is 4.70. The number of benzene rings is 1. The van der Waals surface area contributed by atoms with Crippen LogP contribution >= 0.6 is 0 Å². The van der Waals surface area contributed by atoms with Crippen molar-refractivity contribution in [3.63, 3.8) is 0 Å². The second-order valence-corrected chi connectivity index (χ2v) is 4.49. The van der Waals surface area contributed by atoms with Gasteiger partial charge in [-0.25, -0.2) is 4.98 Å². The van der Waals surface area contributed by atoms with E-state index in [2.05, 4.69) is 9.97 Å². The maximum absolute atomic E-state index is 12.6. The third kappa shape index (κ3) is 2.54. The molecule has 3 nitrogen and oxygen atoms in total. The van der Waals surface area contributed by atoms with Gasteiger partial charge in [-0.1, -0.05) is 0 Å². The Morgan fingerprint density at radius 2 is 2.00 bits per heavy atom. The normalized spacial score (nSPS) is 12.2. The van der Waals surface area contributed by atoms with Crippen LogP contribution < -0.4 is 0 Å². The average molecular weight is 280 g/mol. The van der Waals surface area contributed by atoms with Crippen molar-refractivity contribution in [2.75, 3.05) is 0 Å². The van der Waals surface area contributed by atoms with Gasteiger partial charge in [0.15, 0.2) is 0 Å². The molecule has 2 heterocycles. The molecule has 0 saturated carbocycles. The number of aryl methyl sites for hydroxylation is 2. The molecule has 0 radical (unpaired) electrons. The Morgan fingerprint density at radius 3 is 2.70 bits per heavy atom. The molecule has 1 N–H and O–H groups in total. The molecule has 20 heavy (non-hydrogen) atoms. The van der Waals surface area contributed by atoms with E-state index in [0.29, 0.717) is 29.7 Å². The highest BCUT2D eigenvalue weighted by molar-refractivity contribution is 5.76. The average Bonchev–Trinajstić information content (AvgIpc) is 3.03. The minimum atomic E-state index is -4.34. The second-order valence-electron chi connectivity index (χ2n) is 4.49. The summed E-state index contributed by atoms with van der Waals surface area (Å²) in [7, 11) is 0. The van der Waals surface area contributed by atoms with Crippen LogP contribution in [-0.2, 0) is 19.0 Å². The van der Waals surface area contributed by atoms with Crippen molar-refractivity contribution in [2.45, 2.75) is 19.0 Å². The number of rotatable bonds is 3. The minimum Gasteiger partial charge on any atom is -0.469 e. The van der Waals surface area contributed by atoms with Gasteiger partial charge in [-0.3, -0.25) is 0 Å². The van der Waals surface area contributed by atoms with E-state index in [4.69, 9.17) is 4.42 Å². The molecule has 0 fully saturated rings. The predicted octanol–water partition coefficient (Wildman–Crippen LogP) is 3.96. The number of hydrogen-bond acceptors (Lipinski definition) is 2. The van der Waals surface area contributed by atoms with E-state index >= 15 is 0 Å². The zero-order chi connectivity index (χ0) is 14.2. The van der Waals surface area contributed by atoms with E-state index in [1.807, 2.05) is 6.07 Å². The molecule has 0 aliphatic heterocycles. The van der Waals surface area contributed by atoms with E-state index < -0.39 is 11.7 Å². The summed E-state index contributed by atoms with van der Waals surface area (Å²) in [6.45, 7) is 0. The SMILES string of the molecule is FC(F)(F)c1ccc2nc(CCc3ccco3)[nH]c2c1. The van der Waals surface area contributed by atoms with Gasteiger partial charge < -0.3 is 9.40 Å². The summed E-state index contributed by atoms with van der Waals surface area (Å²) < 4.78 is 43.0. The first kappa shape index (κ1) is 12.8. The summed E-state index contributed by atoms with van der Waals surface area (Å²) in [5, 5.41) is 0. The van der Waals surface area contributed by atoms with Crippen LogP contribution in [0, 0.1) is 0 Å². The first-order valence-corrected chi connectivity index (χ1v) is 6.10. The molecular formula is C14H11F3N2O. The van der Waals surface area contributed by atoms with Crippen molar-refractivity contribution >= 4 is 11.0 Å². The van der Waals surface area contributed by atoms with E-state index in [1.165, 1.54) is 6.07 Å². The molecule has 0 saturated heterocycles. The summed E-state index contributed by atoms with van der Waals surface area (Å²) in [5.41, 5.74) is 0.257. The van der Waals surface area contributed by atoms with E-state index in [1.54, 1.807) is 12.3 Å². The maximum atomic E-state index is 12.6. The van der Waals surface area contributed by atoms with Crippen molar-refractivity contribution in [2.24, 2.45) is 0 Å². The lowest BCUT2D eigenvalue weighted by atomic mass is 10.2. The van der Waals surface area contributed by atoms with Crippen LogP contribution in [0.5, 0.6) is 0 Å². The number of halogens is 3. The third-order valence-electron chi connectivity index (χ3n) is 3.05. The topological polar surface area (TPSA) is 41.8 Å². The molecule has 0 aliphatic carbocycles. The number of nitrogens with one attached hydrogen (secondary N) is 1. The highest BCUT2D eigenvalue weighted by Gasteiger charge is 2.30. The molecule has 3 rings (SSSR count). The molecule has 3 aromatic rings. The Hall–Kier alpha value is -2.24. The smallest absolute Gasteiger partial charge is 0.416 e. The Labute approximate surface area is 112 Å². The van der Waals surface area contributed by atoms with Crippen molar-refractivity contribution in [1.82, 2.24) is 9.97 Å². The molecule has 0 bridgehead atoms. The molecule has 0 aliphatic rings. The largest absolute Gasteiger partial charge is 0.469 e. The lowest BCUT2D eigenvalue weighted by molar-refractivity contribution is -0.137. The van der Waals surface area contributed by atoms with E-state index in [0.717, 1.165) is 17.9 Å². The van der Waals surface area contributed by atoms with Crippen LogP contribution in [0.25, 0.3) is 11.0 Å². The highest BCUT2D eigenvalue weighted by atomic mass is 19.4. The fraction of sp³-hybridized carbons (Fsp3) is 0.214. The molecule has 6 heteroatoms. The Kier molecular flexibility index (Phi) is 3.00. The molecule has 1 aromatic carbocycles. The summed E-state index contributed by atoms with van der Waals surface area (Å²) in [4.78, 5) is 7.19. The molecule has 0 spiro atoms. The summed E-state index contributed by atoms with van der Waals surface area (Å²) in [5.74, 6) is 1.47. The minimum absolute atomic E-state index is 0.397. The first-order chi connectivity index (χ1) is 9.52. The fourth-order valence-corrected chi connectivity index (χ4v) is 2.05. The monoisotopic (exact) mass is 280 g/mol. The zero-order valence-electron chi connectivity index (χ0n) is 10.4. The molecule has 104 valence electrons. The number of aromatic nitrogens is 2. The number of alkyl halides is 3. The van der Waals surface area contributed by atoms with Gasteiger partial charge in [0.2, 0.25) is 0 Å². The quantitative estimate of drug-likeness (QED) is 0.789. The lowest BCUT2D eigenvalue weighted by Crippen LogP contribution is -2.04. The number of nitrogens with zero attached hydrogens (tertiary/aromatic N) is 1. The Morgan fingerprint density at radius 1 is 1.15 bits per heavy atom. The van der Waals surface area contributed by atoms with Gasteiger partial charge in [0.05, 0.1) is 22.9 Å². The maximum Gasteiger partial charge on any atom is 0.416 e. The number of hydrogen-bond donors (Lipinski definition) is 1. The van der Waals surface area contributed by atoms with Crippen LogP contribution in [0.2, 0.25) is 0 Å². The number of imidazole rings is 1. The molecular weight excluding hydrogens is 269 g/mol. The molecule has 2 aromatic heterocycles. The van der Waals surface area contributed by atoms with Crippen LogP contribution in [0.4, 0.5) is 13.2 Å². The van der Waals surface area contributed by atoms with Gasteiger partial charge in [-0.05, 0) is 30.3 Å². The third-order valence-corrected chi connectivity index (χ3v) is 3.05. The number of furan rings is 1. The Bertz CT molecular complexity index is 714. The van der Waals surface area contributed by atoms with Crippen LogP contribution in [0.3, 0.4) is 0 Å². The highest BCUT2D eigenvalue weighted by Crippen LogP contribution is 2.30. The predicted molar refractivity (Wildman–Crippen MR) is 67.2 cm³/mol. The van der Waals surface area contributed by atoms with E-state index in [9.17, 15) is 13.2 Å². The van der Waals surface area contributed by atoms with Gasteiger partial charge in [-0.15, -0.1) is 0 Å². The van der Waals surface area contributed by atoms with Crippen molar-refractivity contribution in [1.29, 1.82) is 0 Å². The lowest BCUT2D eigenvalue weighted by Gasteiger charge is -2.05. The summed E-state index contributed by atoms with van der Waals surface area (Å²) >= 11 is 0. The van der Waals surface area contributed by atoms with Gasteiger partial charge >= 0.3 is 6.18 Å². The molecule has 0 atom stereocenters. The van der Waals surface area contributed by atoms with Crippen molar-refractivity contribution in [3.8, 4) is 0 Å². The first-order valence-electron chi connectivity index (χ1n) is 6.10. The van der Waals surface area contributed by atoms with Crippen molar-refractivity contribution < 1.29 is 17.6 Å². The van der Waals surface area contributed by atoms with Gasteiger partial charge in [-0.2, -0.15) is 13.2 Å². The number of H-pyrrole nitrogens is 1. The Balaban J connectivity index is 1.83. The zero-order valence-corrected chi connectivity index (χ0v) is 10.4. The molecule has 0 unspecified atom stereocenters. The van der Waals surface area contributed by atoms with Crippen LogP contribution in [0.15, 0.2) is 41.0 Å². The number of fused-ring (bicyclic) bond motifs is 1. The van der Waals surface area contributed by atoms with E-state index in [-0.39, 0.29) is 0 Å². The number of aromatic amines is 1. The van der Waals surface area contributed by atoms with Crippen LogP contribution in [-0.4, -0.2) is 9.97 Å². The van der Waals surface area contributed by atoms with Crippen molar-refractivity contribution in [3.05, 3.63) is 53.7 Å². The van der Waals surface area contributed by atoms with Gasteiger partial charge in [0.1, 0.15) is 11.6 Å². The van der Waals surface area contributed by atoms with Gasteiger partial charge in [0.25, 0.3) is 0 Å². The molecule has 0 amide bonds. The van der Waals surface area contributed by atoms with Crippen LogP contribution in [0.1, 0.15) is 17.1 Å². The standard InChI is InChI=1S/C14H11F3N2O/c15-14(16,17)9-3-5-11-12(8-9)19-13(18-11)6-4-10-2-1-7-20-10/h1-3,5,7-8H,4,6H2,(H,18,19). The fourth-order valence-electron chi connectivity index (χ4n) is 2.05. The van der Waals surface area contributed by atoms with Gasteiger partial charge in [0, 0.05) is 12.8 Å².